The highest BCUT2D eigenvalue weighted by Gasteiger charge is 2.28. The number of methoxy groups -OCH3 is 2. The summed E-state index contributed by atoms with van der Waals surface area (Å²) in [7, 11) is -1.10. The van der Waals surface area contributed by atoms with Crippen LogP contribution in [-0.2, 0) is 21.2 Å². The summed E-state index contributed by atoms with van der Waals surface area (Å²) in [5.74, 6) is 0.291. The number of nitrogens with zero attached hydrogens (tertiary/aromatic N) is 1. The summed E-state index contributed by atoms with van der Waals surface area (Å²) in [4.78, 5) is 12.9. The molecule has 0 unspecified atom stereocenters. The third kappa shape index (κ3) is 6.97. The van der Waals surface area contributed by atoms with Crippen LogP contribution in [0.1, 0.15) is 24.1 Å². The average Bonchev–Trinajstić information content (AvgIpc) is 2.86. The van der Waals surface area contributed by atoms with Gasteiger partial charge < -0.3 is 14.8 Å². The van der Waals surface area contributed by atoms with Crippen molar-refractivity contribution in [3.8, 4) is 11.5 Å². The Bertz CT molecular complexity index is 1230. The minimum Gasteiger partial charge on any atom is -0.493 e. The van der Waals surface area contributed by atoms with E-state index in [2.05, 4.69) is 5.32 Å². The lowest BCUT2D eigenvalue weighted by Crippen LogP contribution is -2.42. The number of halogens is 1. The van der Waals surface area contributed by atoms with E-state index in [1.165, 1.54) is 36.7 Å². The molecule has 0 heterocycles. The van der Waals surface area contributed by atoms with E-state index in [9.17, 15) is 13.2 Å². The van der Waals surface area contributed by atoms with Crippen molar-refractivity contribution in [2.75, 3.05) is 27.3 Å². The van der Waals surface area contributed by atoms with Gasteiger partial charge in [-0.25, -0.2) is 8.42 Å². The molecule has 0 aromatic heterocycles. The molecule has 0 radical (unpaired) electrons. The van der Waals surface area contributed by atoms with Gasteiger partial charge in [0, 0.05) is 17.6 Å². The second-order valence-corrected chi connectivity index (χ2v) is 10.3. The Morgan fingerprint density at radius 3 is 2.26 bits per heavy atom. The van der Waals surface area contributed by atoms with Crippen molar-refractivity contribution in [2.24, 2.45) is 0 Å². The van der Waals surface area contributed by atoms with Crippen molar-refractivity contribution in [2.45, 2.75) is 24.3 Å². The number of carbonyl (C=O) groups is 1. The van der Waals surface area contributed by atoms with Crippen LogP contribution in [0.4, 0.5) is 0 Å². The number of hydrogen-bond acceptors (Lipinski definition) is 5. The first kappa shape index (κ1) is 26.5. The lowest BCUT2D eigenvalue weighted by atomic mass is 10.1. The first-order valence-corrected chi connectivity index (χ1v) is 12.9. The van der Waals surface area contributed by atoms with Gasteiger partial charge >= 0.3 is 0 Å². The molecule has 0 bridgehead atoms. The van der Waals surface area contributed by atoms with Crippen molar-refractivity contribution in [3.05, 3.63) is 88.9 Å². The van der Waals surface area contributed by atoms with Gasteiger partial charge in [0.15, 0.2) is 11.5 Å². The highest BCUT2D eigenvalue weighted by molar-refractivity contribution is 7.89. The smallest absolute Gasteiger partial charge is 0.243 e. The van der Waals surface area contributed by atoms with Crippen LogP contribution in [0.2, 0.25) is 5.02 Å². The zero-order valence-electron chi connectivity index (χ0n) is 19.9. The molecule has 9 heteroatoms. The number of hydrogen-bond donors (Lipinski definition) is 1. The van der Waals surface area contributed by atoms with Crippen LogP contribution in [0.3, 0.4) is 0 Å². The van der Waals surface area contributed by atoms with Crippen LogP contribution in [-0.4, -0.2) is 45.9 Å². The van der Waals surface area contributed by atoms with Gasteiger partial charge in [-0.05, 0) is 48.7 Å². The van der Waals surface area contributed by atoms with E-state index in [0.29, 0.717) is 17.2 Å². The molecule has 186 valence electrons. The highest BCUT2D eigenvalue weighted by Crippen LogP contribution is 2.30. The lowest BCUT2D eigenvalue weighted by molar-refractivity contribution is -0.121. The molecular formula is C26H29ClN2O5S. The minimum absolute atomic E-state index is 0.0155. The molecular weight excluding hydrogens is 488 g/mol. The first-order valence-electron chi connectivity index (χ1n) is 11.1. The summed E-state index contributed by atoms with van der Waals surface area (Å²) < 4.78 is 38.9. The molecule has 1 N–H and O–H groups in total. The third-order valence-corrected chi connectivity index (χ3v) is 7.65. The van der Waals surface area contributed by atoms with Gasteiger partial charge in [0.25, 0.3) is 0 Å². The topological polar surface area (TPSA) is 84.9 Å². The molecule has 3 rings (SSSR count). The number of rotatable bonds is 11. The molecule has 0 saturated carbocycles. The second-order valence-electron chi connectivity index (χ2n) is 7.93. The molecule has 3 aromatic rings. The molecule has 0 spiro atoms. The van der Waals surface area contributed by atoms with Crippen LogP contribution >= 0.6 is 11.6 Å². The largest absolute Gasteiger partial charge is 0.493 e. The van der Waals surface area contributed by atoms with Gasteiger partial charge in [-0.2, -0.15) is 4.31 Å². The first-order chi connectivity index (χ1) is 16.7. The minimum atomic E-state index is -4.01. The van der Waals surface area contributed by atoms with Crippen LogP contribution < -0.4 is 14.8 Å². The maximum Gasteiger partial charge on any atom is 0.243 e. The van der Waals surface area contributed by atoms with E-state index in [1.54, 1.807) is 12.1 Å². The van der Waals surface area contributed by atoms with E-state index in [0.717, 1.165) is 11.1 Å². The Morgan fingerprint density at radius 1 is 0.971 bits per heavy atom. The summed E-state index contributed by atoms with van der Waals surface area (Å²) in [5.41, 5.74) is 1.83. The van der Waals surface area contributed by atoms with Crippen molar-refractivity contribution < 1.29 is 22.7 Å². The van der Waals surface area contributed by atoms with Crippen LogP contribution in [0, 0.1) is 0 Å². The maximum absolute atomic E-state index is 13.6. The molecule has 0 aliphatic carbocycles. The Morgan fingerprint density at radius 2 is 1.63 bits per heavy atom. The van der Waals surface area contributed by atoms with E-state index < -0.39 is 15.9 Å². The fourth-order valence-electron chi connectivity index (χ4n) is 3.59. The fraction of sp³-hybridized carbons (Fsp3) is 0.269. The summed E-state index contributed by atoms with van der Waals surface area (Å²) in [6.07, 6.45) is 0.452. The second kappa shape index (κ2) is 12.1. The number of sulfonamides is 1. The van der Waals surface area contributed by atoms with Crippen LogP contribution in [0.15, 0.2) is 77.7 Å². The van der Waals surface area contributed by atoms with Crippen molar-refractivity contribution >= 4 is 27.5 Å². The normalized spacial score (nSPS) is 12.3. The summed E-state index contributed by atoms with van der Waals surface area (Å²) in [5, 5.41) is 3.47. The SMILES string of the molecule is COc1ccc(S(=O)(=O)N(CCc2ccccc2)CC(=O)N[C@H](C)c2ccc(Cl)cc2)cc1OC. The molecule has 3 aromatic carbocycles. The van der Waals surface area contributed by atoms with Gasteiger partial charge in [-0.1, -0.05) is 54.1 Å². The summed E-state index contributed by atoms with van der Waals surface area (Å²) >= 11 is 5.95. The zero-order chi connectivity index (χ0) is 25.4. The molecule has 0 fully saturated rings. The molecule has 7 nitrogen and oxygen atoms in total. The lowest BCUT2D eigenvalue weighted by Gasteiger charge is -2.24. The monoisotopic (exact) mass is 516 g/mol. The molecule has 1 atom stereocenters. The van der Waals surface area contributed by atoms with Crippen LogP contribution in [0.5, 0.6) is 11.5 Å². The van der Waals surface area contributed by atoms with Crippen molar-refractivity contribution in [1.82, 2.24) is 9.62 Å². The predicted molar refractivity (Wildman–Crippen MR) is 136 cm³/mol. The Balaban J connectivity index is 1.83. The van der Waals surface area contributed by atoms with E-state index in [1.807, 2.05) is 49.4 Å². The van der Waals surface area contributed by atoms with Crippen LogP contribution in [0.25, 0.3) is 0 Å². The molecule has 0 saturated heterocycles. The average molecular weight is 517 g/mol. The van der Waals surface area contributed by atoms with Gasteiger partial charge in [0.05, 0.1) is 31.7 Å². The Kier molecular flexibility index (Phi) is 9.14. The summed E-state index contributed by atoms with van der Waals surface area (Å²) in [6.45, 7) is 1.63. The quantitative estimate of drug-likeness (QED) is 0.406. The number of ether oxygens (including phenoxy) is 2. The number of amides is 1. The van der Waals surface area contributed by atoms with Gasteiger partial charge in [-0.3, -0.25) is 4.79 Å². The number of nitrogens with one attached hydrogen (secondary N) is 1. The van der Waals surface area contributed by atoms with Gasteiger partial charge in [0.1, 0.15) is 0 Å². The number of benzene rings is 3. The van der Waals surface area contributed by atoms with E-state index in [4.69, 9.17) is 21.1 Å². The Labute approximate surface area is 211 Å². The zero-order valence-corrected chi connectivity index (χ0v) is 21.5. The van der Waals surface area contributed by atoms with Gasteiger partial charge in [-0.15, -0.1) is 0 Å². The third-order valence-electron chi connectivity index (χ3n) is 5.55. The van der Waals surface area contributed by atoms with Gasteiger partial charge in [0.2, 0.25) is 15.9 Å². The van der Waals surface area contributed by atoms with Crippen molar-refractivity contribution in [3.63, 3.8) is 0 Å². The Hall–Kier alpha value is -3.07. The molecule has 35 heavy (non-hydrogen) atoms. The summed E-state index contributed by atoms with van der Waals surface area (Å²) in [6, 6.07) is 20.7. The standard InChI is InChI=1S/C26H29ClN2O5S/c1-19(21-9-11-22(27)12-10-21)28-26(30)18-29(16-15-20-7-5-4-6-8-20)35(31,32)23-13-14-24(33-2)25(17-23)34-3/h4-14,17,19H,15-16,18H2,1-3H3,(H,28,30)/t19-/m1/s1. The van der Waals surface area contributed by atoms with E-state index in [-0.39, 0.29) is 29.8 Å². The van der Waals surface area contributed by atoms with E-state index >= 15 is 0 Å². The molecule has 1 amide bonds. The number of carbonyl (C=O) groups excluding carboxylic acids is 1. The van der Waals surface area contributed by atoms with Crippen molar-refractivity contribution in [1.29, 1.82) is 0 Å². The predicted octanol–water partition coefficient (Wildman–Crippen LogP) is 4.47. The highest BCUT2D eigenvalue weighted by atomic mass is 35.5. The maximum atomic E-state index is 13.6. The molecule has 0 aliphatic heterocycles. The fourth-order valence-corrected chi connectivity index (χ4v) is 5.13. The molecule has 0 aliphatic rings.